The van der Waals surface area contributed by atoms with Gasteiger partial charge in [-0.05, 0) is 52.2 Å². The smallest absolute Gasteiger partial charge is 0.150 e. The van der Waals surface area contributed by atoms with E-state index in [0.29, 0.717) is 17.5 Å². The van der Waals surface area contributed by atoms with Crippen LogP contribution in [0.4, 0.5) is 0 Å². The van der Waals surface area contributed by atoms with Crippen LogP contribution in [0.5, 0.6) is 0 Å². The third kappa shape index (κ3) is 5.34. The quantitative estimate of drug-likeness (QED) is 0.760. The van der Waals surface area contributed by atoms with Crippen molar-refractivity contribution in [2.24, 2.45) is 0 Å². The predicted octanol–water partition coefficient (Wildman–Crippen LogP) is 1.81. The third-order valence-corrected chi connectivity index (χ3v) is 6.59. The highest BCUT2D eigenvalue weighted by atomic mass is 32.2. The fourth-order valence-electron chi connectivity index (χ4n) is 3.43. The molecule has 1 heterocycles. The van der Waals surface area contributed by atoms with E-state index in [0.717, 1.165) is 38.4 Å². The van der Waals surface area contributed by atoms with Gasteiger partial charge in [0.1, 0.15) is 9.84 Å². The molecule has 0 aromatic heterocycles. The highest BCUT2D eigenvalue weighted by molar-refractivity contribution is 7.91. The van der Waals surface area contributed by atoms with Gasteiger partial charge in [0.15, 0.2) is 0 Å². The van der Waals surface area contributed by atoms with Crippen LogP contribution in [-0.2, 0) is 9.84 Å². The summed E-state index contributed by atoms with van der Waals surface area (Å²) in [6.45, 7) is 2.17. The van der Waals surface area contributed by atoms with Gasteiger partial charge in [0, 0.05) is 12.1 Å². The van der Waals surface area contributed by atoms with E-state index < -0.39 is 9.84 Å². The Labute approximate surface area is 124 Å². The Hall–Kier alpha value is -0.130. The zero-order valence-electron chi connectivity index (χ0n) is 12.8. The molecule has 0 amide bonds. The minimum atomic E-state index is -2.72. The van der Waals surface area contributed by atoms with Gasteiger partial charge < -0.3 is 10.2 Å². The second kappa shape index (κ2) is 7.76. The van der Waals surface area contributed by atoms with Gasteiger partial charge in [-0.3, -0.25) is 0 Å². The van der Waals surface area contributed by atoms with Crippen molar-refractivity contribution in [3.8, 4) is 0 Å². The van der Waals surface area contributed by atoms with Crippen molar-refractivity contribution in [2.75, 3.05) is 31.6 Å². The van der Waals surface area contributed by atoms with Gasteiger partial charge in [0.25, 0.3) is 0 Å². The first-order chi connectivity index (χ1) is 9.57. The molecule has 1 aliphatic heterocycles. The Morgan fingerprint density at radius 1 is 1.05 bits per heavy atom. The summed E-state index contributed by atoms with van der Waals surface area (Å²) in [6, 6.07) is 1.21. The topological polar surface area (TPSA) is 49.4 Å². The van der Waals surface area contributed by atoms with E-state index in [2.05, 4.69) is 17.3 Å². The summed E-state index contributed by atoms with van der Waals surface area (Å²) in [6.07, 6.45) is 9.68. The van der Waals surface area contributed by atoms with Crippen molar-refractivity contribution in [2.45, 2.75) is 63.5 Å². The number of nitrogens with zero attached hydrogens (tertiary/aromatic N) is 1. The molecule has 1 saturated carbocycles. The zero-order chi connectivity index (χ0) is 14.4. The maximum atomic E-state index is 11.4. The van der Waals surface area contributed by atoms with Gasteiger partial charge in [-0.25, -0.2) is 8.42 Å². The second-order valence-corrected chi connectivity index (χ2v) is 8.81. The molecule has 0 aromatic carbocycles. The van der Waals surface area contributed by atoms with E-state index in [1.54, 1.807) is 0 Å². The first kappa shape index (κ1) is 16.2. The van der Waals surface area contributed by atoms with Gasteiger partial charge >= 0.3 is 0 Å². The Bertz CT molecular complexity index is 363. The molecular weight excluding hydrogens is 272 g/mol. The molecule has 1 aliphatic carbocycles. The summed E-state index contributed by atoms with van der Waals surface area (Å²) < 4.78 is 22.7. The first-order valence-corrected chi connectivity index (χ1v) is 10.0. The number of hydrogen-bond acceptors (Lipinski definition) is 4. The number of nitrogens with one attached hydrogen (secondary N) is 1. The molecule has 4 nitrogen and oxygen atoms in total. The van der Waals surface area contributed by atoms with Crippen LogP contribution in [-0.4, -0.2) is 57.0 Å². The predicted molar refractivity (Wildman–Crippen MR) is 83.8 cm³/mol. The lowest BCUT2D eigenvalue weighted by atomic mass is 9.94. The van der Waals surface area contributed by atoms with Crippen LogP contribution in [0.3, 0.4) is 0 Å². The summed E-state index contributed by atoms with van der Waals surface area (Å²) >= 11 is 0. The Balaban J connectivity index is 1.55. The van der Waals surface area contributed by atoms with Crippen molar-refractivity contribution < 1.29 is 8.42 Å². The largest absolute Gasteiger partial charge is 0.314 e. The van der Waals surface area contributed by atoms with Gasteiger partial charge in [-0.2, -0.15) is 0 Å². The summed E-state index contributed by atoms with van der Waals surface area (Å²) in [5, 5.41) is 3.53. The van der Waals surface area contributed by atoms with Crippen LogP contribution in [0.2, 0.25) is 0 Å². The fourth-order valence-corrected chi connectivity index (χ4v) is 4.92. The highest BCUT2D eigenvalue weighted by Crippen LogP contribution is 2.21. The normalized spacial score (nSPS) is 25.1. The Morgan fingerprint density at radius 2 is 1.70 bits per heavy atom. The second-order valence-electron chi connectivity index (χ2n) is 6.51. The van der Waals surface area contributed by atoms with E-state index in [4.69, 9.17) is 0 Å². The lowest BCUT2D eigenvalue weighted by Crippen LogP contribution is -2.39. The number of rotatable bonds is 6. The average Bonchev–Trinajstić information content (AvgIpc) is 2.46. The van der Waals surface area contributed by atoms with Crippen LogP contribution in [0, 0.1) is 0 Å². The summed E-state index contributed by atoms with van der Waals surface area (Å²) in [7, 11) is -0.469. The van der Waals surface area contributed by atoms with Crippen LogP contribution in [0.1, 0.15) is 51.4 Å². The Kier molecular flexibility index (Phi) is 6.30. The molecule has 0 unspecified atom stereocenters. The zero-order valence-corrected chi connectivity index (χ0v) is 13.6. The lowest BCUT2D eigenvalue weighted by molar-refractivity contribution is 0.189. The average molecular weight is 302 g/mol. The molecule has 0 radical (unpaired) electrons. The third-order valence-electron chi connectivity index (χ3n) is 4.87. The van der Waals surface area contributed by atoms with E-state index >= 15 is 0 Å². The molecule has 0 aromatic rings. The molecule has 0 spiro atoms. The van der Waals surface area contributed by atoms with Crippen molar-refractivity contribution in [3.05, 3.63) is 0 Å². The van der Waals surface area contributed by atoms with Gasteiger partial charge in [-0.15, -0.1) is 0 Å². The molecule has 1 N–H and O–H groups in total. The highest BCUT2D eigenvalue weighted by Gasteiger charge is 2.23. The van der Waals surface area contributed by atoms with Crippen LogP contribution in [0.15, 0.2) is 0 Å². The number of sulfone groups is 1. The van der Waals surface area contributed by atoms with E-state index in [1.165, 1.54) is 32.1 Å². The molecule has 5 heteroatoms. The van der Waals surface area contributed by atoms with Gasteiger partial charge in [-0.1, -0.05) is 19.3 Å². The minimum Gasteiger partial charge on any atom is -0.314 e. The molecule has 0 atom stereocenters. The summed E-state index contributed by atoms with van der Waals surface area (Å²) in [5.41, 5.74) is 0. The van der Waals surface area contributed by atoms with Gasteiger partial charge in [0.05, 0.1) is 11.5 Å². The van der Waals surface area contributed by atoms with Crippen molar-refractivity contribution in [3.63, 3.8) is 0 Å². The van der Waals surface area contributed by atoms with E-state index in [9.17, 15) is 8.42 Å². The van der Waals surface area contributed by atoms with Crippen LogP contribution < -0.4 is 5.32 Å². The maximum Gasteiger partial charge on any atom is 0.150 e. The molecule has 2 rings (SSSR count). The van der Waals surface area contributed by atoms with Gasteiger partial charge in [0.2, 0.25) is 0 Å². The minimum absolute atomic E-state index is 0.368. The SMILES string of the molecule is CN(CCCNC1CCS(=O)(=O)CC1)C1CCCCC1. The molecule has 20 heavy (non-hydrogen) atoms. The van der Waals surface area contributed by atoms with Crippen LogP contribution in [0.25, 0.3) is 0 Å². The summed E-state index contributed by atoms with van der Waals surface area (Å²) in [5.74, 6) is 0.735. The molecule has 0 bridgehead atoms. The first-order valence-electron chi connectivity index (χ1n) is 8.21. The number of hydrogen-bond donors (Lipinski definition) is 1. The van der Waals surface area contributed by atoms with Crippen molar-refractivity contribution in [1.82, 2.24) is 10.2 Å². The molecule has 2 fully saturated rings. The molecule has 1 saturated heterocycles. The van der Waals surface area contributed by atoms with E-state index in [1.807, 2.05) is 0 Å². The molecule has 2 aliphatic rings. The van der Waals surface area contributed by atoms with Crippen molar-refractivity contribution in [1.29, 1.82) is 0 Å². The molecular formula is C15H30N2O2S. The maximum absolute atomic E-state index is 11.4. The molecule has 118 valence electrons. The van der Waals surface area contributed by atoms with Crippen LogP contribution >= 0.6 is 0 Å². The van der Waals surface area contributed by atoms with E-state index in [-0.39, 0.29) is 0 Å². The lowest BCUT2D eigenvalue weighted by Gasteiger charge is -2.31. The fraction of sp³-hybridized carbons (Fsp3) is 1.00. The monoisotopic (exact) mass is 302 g/mol. The summed E-state index contributed by atoms with van der Waals surface area (Å²) in [4.78, 5) is 2.52. The van der Waals surface area contributed by atoms with Crippen molar-refractivity contribution >= 4 is 9.84 Å². The standard InChI is InChI=1S/C15H30N2O2S/c1-17(15-6-3-2-4-7-15)11-5-10-16-14-8-12-20(18,19)13-9-14/h14-16H,2-13H2,1H3. The Morgan fingerprint density at radius 3 is 2.35 bits per heavy atom.